The molecule has 1 saturated heterocycles. The second kappa shape index (κ2) is 5.61. The SMILES string of the molecule is O=C(NCC1CNC1)c1ccc(OC2CCC2)cc1. The zero-order chi connectivity index (χ0) is 13.1. The maximum absolute atomic E-state index is 11.9. The number of hydrogen-bond donors (Lipinski definition) is 2. The van der Waals surface area contributed by atoms with Crippen molar-refractivity contribution in [3.05, 3.63) is 29.8 Å². The van der Waals surface area contributed by atoms with Crippen LogP contribution in [-0.2, 0) is 0 Å². The summed E-state index contributed by atoms with van der Waals surface area (Å²) in [4.78, 5) is 11.9. The van der Waals surface area contributed by atoms with E-state index in [-0.39, 0.29) is 5.91 Å². The lowest BCUT2D eigenvalue weighted by Crippen LogP contribution is -2.48. The van der Waals surface area contributed by atoms with Gasteiger partial charge in [0.05, 0.1) is 6.10 Å². The Morgan fingerprint density at radius 3 is 2.53 bits per heavy atom. The zero-order valence-electron chi connectivity index (χ0n) is 11.0. The van der Waals surface area contributed by atoms with Crippen LogP contribution < -0.4 is 15.4 Å². The van der Waals surface area contributed by atoms with Gasteiger partial charge in [0.25, 0.3) is 5.91 Å². The van der Waals surface area contributed by atoms with Gasteiger partial charge < -0.3 is 15.4 Å². The number of benzene rings is 1. The summed E-state index contributed by atoms with van der Waals surface area (Å²) in [5, 5.41) is 6.16. The fourth-order valence-electron chi connectivity index (χ4n) is 2.20. The van der Waals surface area contributed by atoms with Crippen LogP contribution in [0.1, 0.15) is 29.6 Å². The monoisotopic (exact) mass is 260 g/mol. The zero-order valence-corrected chi connectivity index (χ0v) is 11.0. The molecule has 0 radical (unpaired) electrons. The van der Waals surface area contributed by atoms with E-state index in [1.807, 2.05) is 24.3 Å². The van der Waals surface area contributed by atoms with Crippen LogP contribution in [0.3, 0.4) is 0 Å². The molecule has 2 aliphatic rings. The lowest BCUT2D eigenvalue weighted by atomic mass is 9.96. The van der Waals surface area contributed by atoms with Gasteiger partial charge in [-0.05, 0) is 43.5 Å². The van der Waals surface area contributed by atoms with Gasteiger partial charge in [0, 0.05) is 31.1 Å². The molecule has 1 saturated carbocycles. The predicted octanol–water partition coefficient (Wildman–Crippen LogP) is 1.57. The molecule has 2 N–H and O–H groups in total. The lowest BCUT2D eigenvalue weighted by molar-refractivity contribution is 0.0942. The van der Waals surface area contributed by atoms with E-state index in [1.165, 1.54) is 6.42 Å². The smallest absolute Gasteiger partial charge is 0.251 e. The van der Waals surface area contributed by atoms with Crippen LogP contribution in [0.5, 0.6) is 5.75 Å². The van der Waals surface area contributed by atoms with Crippen LogP contribution in [0.15, 0.2) is 24.3 Å². The fraction of sp³-hybridized carbons (Fsp3) is 0.533. The van der Waals surface area contributed by atoms with Crippen LogP contribution in [0.4, 0.5) is 0 Å². The van der Waals surface area contributed by atoms with Gasteiger partial charge in [-0.2, -0.15) is 0 Å². The summed E-state index contributed by atoms with van der Waals surface area (Å²) < 4.78 is 5.77. The second-order valence-electron chi connectivity index (χ2n) is 5.43. The van der Waals surface area contributed by atoms with Gasteiger partial charge in [0.2, 0.25) is 0 Å². The normalized spacial score (nSPS) is 19.4. The average molecular weight is 260 g/mol. The predicted molar refractivity (Wildman–Crippen MR) is 73.4 cm³/mol. The molecule has 4 heteroatoms. The molecule has 19 heavy (non-hydrogen) atoms. The molecule has 0 spiro atoms. The minimum atomic E-state index is 0.00194. The van der Waals surface area contributed by atoms with Gasteiger partial charge in [-0.1, -0.05) is 0 Å². The number of rotatable bonds is 5. The summed E-state index contributed by atoms with van der Waals surface area (Å²) in [6.45, 7) is 2.77. The van der Waals surface area contributed by atoms with Crippen LogP contribution in [-0.4, -0.2) is 31.6 Å². The molecular weight excluding hydrogens is 240 g/mol. The van der Waals surface area contributed by atoms with E-state index in [1.54, 1.807) is 0 Å². The lowest BCUT2D eigenvalue weighted by Gasteiger charge is -2.27. The van der Waals surface area contributed by atoms with Crippen molar-refractivity contribution in [2.24, 2.45) is 5.92 Å². The fourth-order valence-corrected chi connectivity index (χ4v) is 2.20. The number of hydrogen-bond acceptors (Lipinski definition) is 3. The molecule has 3 rings (SSSR count). The minimum Gasteiger partial charge on any atom is -0.490 e. The van der Waals surface area contributed by atoms with E-state index >= 15 is 0 Å². The molecule has 0 bridgehead atoms. The molecule has 1 aromatic carbocycles. The largest absolute Gasteiger partial charge is 0.490 e. The Labute approximate surface area is 113 Å². The van der Waals surface area contributed by atoms with E-state index in [2.05, 4.69) is 10.6 Å². The Morgan fingerprint density at radius 2 is 2.00 bits per heavy atom. The highest BCUT2D eigenvalue weighted by Crippen LogP contribution is 2.25. The Morgan fingerprint density at radius 1 is 1.26 bits per heavy atom. The molecule has 1 amide bonds. The maximum atomic E-state index is 11.9. The Balaban J connectivity index is 1.50. The van der Waals surface area contributed by atoms with E-state index in [4.69, 9.17) is 4.74 Å². The summed E-state index contributed by atoms with van der Waals surface area (Å²) in [7, 11) is 0. The van der Waals surface area contributed by atoms with Crippen molar-refractivity contribution >= 4 is 5.91 Å². The number of carbonyl (C=O) groups excluding carboxylic acids is 1. The first-order chi connectivity index (χ1) is 9.31. The number of carbonyl (C=O) groups is 1. The summed E-state index contributed by atoms with van der Waals surface area (Å²) >= 11 is 0. The van der Waals surface area contributed by atoms with Crippen molar-refractivity contribution < 1.29 is 9.53 Å². The second-order valence-corrected chi connectivity index (χ2v) is 5.43. The van der Waals surface area contributed by atoms with Gasteiger partial charge in [0.15, 0.2) is 0 Å². The number of amides is 1. The van der Waals surface area contributed by atoms with E-state index in [9.17, 15) is 4.79 Å². The van der Waals surface area contributed by atoms with Crippen molar-refractivity contribution in [2.45, 2.75) is 25.4 Å². The molecule has 0 atom stereocenters. The third-order valence-corrected chi connectivity index (χ3v) is 3.89. The van der Waals surface area contributed by atoms with E-state index < -0.39 is 0 Å². The molecular formula is C15H20N2O2. The van der Waals surface area contributed by atoms with Gasteiger partial charge in [0.1, 0.15) is 5.75 Å². The Hall–Kier alpha value is -1.55. The average Bonchev–Trinajstić information content (AvgIpc) is 2.32. The van der Waals surface area contributed by atoms with Crippen molar-refractivity contribution in [1.29, 1.82) is 0 Å². The van der Waals surface area contributed by atoms with Crippen molar-refractivity contribution in [3.63, 3.8) is 0 Å². The third kappa shape index (κ3) is 3.07. The summed E-state index contributed by atoms with van der Waals surface area (Å²) in [6.07, 6.45) is 3.95. The Kier molecular flexibility index (Phi) is 3.69. The molecule has 2 fully saturated rings. The van der Waals surface area contributed by atoms with Crippen LogP contribution >= 0.6 is 0 Å². The van der Waals surface area contributed by atoms with Gasteiger partial charge in [-0.15, -0.1) is 0 Å². The van der Waals surface area contributed by atoms with E-state index in [0.717, 1.165) is 38.2 Å². The maximum Gasteiger partial charge on any atom is 0.251 e. The third-order valence-electron chi connectivity index (χ3n) is 3.89. The molecule has 1 aromatic rings. The number of ether oxygens (including phenoxy) is 1. The first kappa shape index (κ1) is 12.5. The molecule has 4 nitrogen and oxygen atoms in total. The number of nitrogens with one attached hydrogen (secondary N) is 2. The highest BCUT2D eigenvalue weighted by molar-refractivity contribution is 5.94. The molecule has 1 aliphatic carbocycles. The first-order valence-corrected chi connectivity index (χ1v) is 7.07. The topological polar surface area (TPSA) is 50.4 Å². The van der Waals surface area contributed by atoms with Crippen LogP contribution in [0, 0.1) is 5.92 Å². The van der Waals surface area contributed by atoms with E-state index in [0.29, 0.717) is 17.6 Å². The van der Waals surface area contributed by atoms with Crippen molar-refractivity contribution in [2.75, 3.05) is 19.6 Å². The van der Waals surface area contributed by atoms with Gasteiger partial charge in [-0.25, -0.2) is 0 Å². The molecule has 0 aromatic heterocycles. The Bertz CT molecular complexity index is 436. The molecule has 102 valence electrons. The standard InChI is InChI=1S/C15H20N2O2/c18-15(17-10-11-8-16-9-11)12-4-6-14(7-5-12)19-13-2-1-3-13/h4-7,11,13,16H,1-3,8-10H2,(H,17,18). The first-order valence-electron chi connectivity index (χ1n) is 7.07. The molecule has 1 heterocycles. The molecule has 0 unspecified atom stereocenters. The quantitative estimate of drug-likeness (QED) is 0.845. The minimum absolute atomic E-state index is 0.00194. The summed E-state index contributed by atoms with van der Waals surface area (Å²) in [6, 6.07) is 7.45. The van der Waals surface area contributed by atoms with Crippen molar-refractivity contribution in [3.8, 4) is 5.75 Å². The summed E-state index contributed by atoms with van der Waals surface area (Å²) in [5.74, 6) is 1.46. The van der Waals surface area contributed by atoms with Crippen LogP contribution in [0.25, 0.3) is 0 Å². The van der Waals surface area contributed by atoms with Crippen molar-refractivity contribution in [1.82, 2.24) is 10.6 Å². The highest BCUT2D eigenvalue weighted by Gasteiger charge is 2.19. The van der Waals surface area contributed by atoms with Gasteiger partial charge in [-0.3, -0.25) is 4.79 Å². The molecule has 1 aliphatic heterocycles. The van der Waals surface area contributed by atoms with Gasteiger partial charge >= 0.3 is 0 Å². The summed E-state index contributed by atoms with van der Waals surface area (Å²) in [5.41, 5.74) is 0.702. The highest BCUT2D eigenvalue weighted by atomic mass is 16.5. The van der Waals surface area contributed by atoms with Crippen LogP contribution in [0.2, 0.25) is 0 Å².